The van der Waals surface area contributed by atoms with Crippen molar-refractivity contribution in [1.82, 2.24) is 0 Å². The lowest BCUT2D eigenvalue weighted by atomic mass is 9.96. The van der Waals surface area contributed by atoms with Crippen LogP contribution in [0.15, 0.2) is 53.5 Å². The van der Waals surface area contributed by atoms with Crippen LogP contribution in [0, 0.1) is 19.8 Å². The van der Waals surface area contributed by atoms with Crippen LogP contribution in [0.25, 0.3) is 5.57 Å². The van der Waals surface area contributed by atoms with Gasteiger partial charge in [-0.15, -0.1) is 0 Å². The first-order chi connectivity index (χ1) is 14.9. The fraction of sp³-hybridized carbons (Fsp3) is 0.407. The molecule has 0 aliphatic carbocycles. The molecule has 3 nitrogen and oxygen atoms in total. The Bertz CT molecular complexity index is 992. The predicted molar refractivity (Wildman–Crippen MR) is 133 cm³/mol. The summed E-state index contributed by atoms with van der Waals surface area (Å²) in [4.78, 5) is 19.7. The maximum Gasteiger partial charge on any atom is 0.235 e. The van der Waals surface area contributed by atoms with Crippen molar-refractivity contribution >= 4 is 34.5 Å². The average Bonchev–Trinajstić information content (AvgIpc) is 3.13. The Hall–Kier alpha value is -2.39. The van der Waals surface area contributed by atoms with E-state index >= 15 is 0 Å². The van der Waals surface area contributed by atoms with Crippen molar-refractivity contribution in [2.75, 3.05) is 18.0 Å². The highest BCUT2D eigenvalue weighted by molar-refractivity contribution is 6.30. The summed E-state index contributed by atoms with van der Waals surface area (Å²) in [5.74, 6) is 0.0516. The molecule has 164 valence electrons. The molecule has 0 spiro atoms. The minimum atomic E-state index is -0.114. The minimum Gasteiger partial charge on any atom is -0.312 e. The second kappa shape index (κ2) is 10.8. The quantitative estimate of drug-likeness (QED) is 0.408. The van der Waals surface area contributed by atoms with Gasteiger partial charge >= 0.3 is 0 Å². The highest BCUT2D eigenvalue weighted by atomic mass is 35.5. The molecule has 3 rings (SSSR count). The molecule has 1 aliphatic rings. The third kappa shape index (κ3) is 5.86. The van der Waals surface area contributed by atoms with Crippen LogP contribution in [-0.2, 0) is 4.79 Å². The number of anilines is 1. The van der Waals surface area contributed by atoms with E-state index in [4.69, 9.17) is 16.6 Å². The van der Waals surface area contributed by atoms with Gasteiger partial charge in [-0.25, -0.2) is 0 Å². The number of aryl methyl sites for hydroxylation is 2. The Morgan fingerprint density at radius 2 is 2.03 bits per heavy atom. The van der Waals surface area contributed by atoms with E-state index in [0.717, 1.165) is 48.6 Å². The first-order valence-corrected chi connectivity index (χ1v) is 11.6. The topological polar surface area (TPSA) is 32.7 Å². The molecule has 1 aliphatic heterocycles. The summed E-state index contributed by atoms with van der Waals surface area (Å²) in [7, 11) is 0. The van der Waals surface area contributed by atoms with E-state index in [2.05, 4.69) is 51.1 Å². The molecular weight excluding hydrogens is 404 g/mol. The summed E-state index contributed by atoms with van der Waals surface area (Å²) < 4.78 is 0. The van der Waals surface area contributed by atoms with Gasteiger partial charge in [0.15, 0.2) is 0 Å². The van der Waals surface area contributed by atoms with Gasteiger partial charge in [0.05, 0.1) is 5.92 Å². The van der Waals surface area contributed by atoms with Gasteiger partial charge in [0, 0.05) is 29.5 Å². The number of carbonyl (C=O) groups excluding carboxylic acids is 1. The van der Waals surface area contributed by atoms with Gasteiger partial charge in [0.25, 0.3) is 0 Å². The van der Waals surface area contributed by atoms with Crippen LogP contribution >= 0.6 is 11.6 Å². The summed E-state index contributed by atoms with van der Waals surface area (Å²) in [5.41, 5.74) is 6.82. The third-order valence-electron chi connectivity index (χ3n) is 5.99. The Labute approximate surface area is 191 Å². The number of benzene rings is 2. The summed E-state index contributed by atoms with van der Waals surface area (Å²) in [6.07, 6.45) is 6.13. The molecule has 1 heterocycles. The third-order valence-corrected chi connectivity index (χ3v) is 6.23. The molecule has 2 aromatic rings. The molecule has 4 heteroatoms. The molecule has 0 aromatic heterocycles. The second-order valence-electron chi connectivity index (χ2n) is 8.42. The van der Waals surface area contributed by atoms with E-state index in [1.165, 1.54) is 22.3 Å². The molecule has 31 heavy (non-hydrogen) atoms. The fourth-order valence-corrected chi connectivity index (χ4v) is 4.36. The van der Waals surface area contributed by atoms with E-state index < -0.39 is 0 Å². The molecule has 1 unspecified atom stereocenters. The highest BCUT2D eigenvalue weighted by Gasteiger charge is 2.34. The van der Waals surface area contributed by atoms with Gasteiger partial charge < -0.3 is 4.90 Å². The van der Waals surface area contributed by atoms with Gasteiger partial charge in [0.1, 0.15) is 0 Å². The zero-order chi connectivity index (χ0) is 22.4. The average molecular weight is 437 g/mol. The first-order valence-electron chi connectivity index (χ1n) is 11.2. The first kappa shape index (κ1) is 23.3. The zero-order valence-electron chi connectivity index (χ0n) is 19.1. The van der Waals surface area contributed by atoms with E-state index in [1.807, 2.05) is 30.0 Å². The van der Waals surface area contributed by atoms with Gasteiger partial charge in [-0.2, -0.15) is 0 Å². The molecule has 0 N–H and O–H groups in total. The summed E-state index contributed by atoms with van der Waals surface area (Å²) in [6.45, 7) is 9.80. The predicted octanol–water partition coefficient (Wildman–Crippen LogP) is 7.04. The smallest absolute Gasteiger partial charge is 0.235 e. The largest absolute Gasteiger partial charge is 0.312 e. The molecule has 0 saturated carbocycles. The Morgan fingerprint density at radius 3 is 2.77 bits per heavy atom. The maximum atomic E-state index is 13.0. The monoisotopic (exact) mass is 436 g/mol. The van der Waals surface area contributed by atoms with Gasteiger partial charge in [-0.05, 0) is 86.6 Å². The van der Waals surface area contributed by atoms with Crippen molar-refractivity contribution in [3.63, 3.8) is 0 Å². The standard InChI is InChI=1S/C27H33ClN2O/c1-5-6-9-22(26-18-23(28)12-11-20(26)3)13-15-29-21(4)25-14-16-30(27(25)31)24-10-7-8-19(2)17-24/h7-12,17-18,25H,5-6,13-16H2,1-4H3. The van der Waals surface area contributed by atoms with Gasteiger partial charge in [0.2, 0.25) is 5.91 Å². The fourth-order valence-electron chi connectivity index (χ4n) is 4.19. The van der Waals surface area contributed by atoms with Crippen LogP contribution in [-0.4, -0.2) is 24.7 Å². The highest BCUT2D eigenvalue weighted by Crippen LogP contribution is 2.28. The molecule has 1 saturated heterocycles. The number of unbranched alkanes of at least 4 members (excludes halogenated alkanes) is 1. The molecule has 1 atom stereocenters. The molecule has 2 aromatic carbocycles. The van der Waals surface area contributed by atoms with Crippen LogP contribution in [0.4, 0.5) is 5.69 Å². The molecule has 0 bridgehead atoms. The van der Waals surface area contributed by atoms with Crippen molar-refractivity contribution < 1.29 is 4.79 Å². The van der Waals surface area contributed by atoms with Crippen LogP contribution in [0.3, 0.4) is 0 Å². The maximum absolute atomic E-state index is 13.0. The molecule has 0 radical (unpaired) electrons. The number of amides is 1. The Kier molecular flexibility index (Phi) is 8.09. The van der Waals surface area contributed by atoms with Crippen molar-refractivity contribution in [1.29, 1.82) is 0 Å². The number of allylic oxidation sites excluding steroid dienone is 1. The van der Waals surface area contributed by atoms with Gasteiger partial charge in [-0.3, -0.25) is 9.79 Å². The zero-order valence-corrected chi connectivity index (χ0v) is 19.9. The minimum absolute atomic E-state index is 0.114. The van der Waals surface area contributed by atoms with E-state index in [9.17, 15) is 4.79 Å². The SMILES string of the molecule is CCCC=C(CCN=C(C)C1CCN(c2cccc(C)c2)C1=O)c1cc(Cl)ccc1C. The van der Waals surface area contributed by atoms with Gasteiger partial charge in [-0.1, -0.05) is 49.2 Å². The second-order valence-corrected chi connectivity index (χ2v) is 8.86. The molecule has 1 fully saturated rings. The van der Waals surface area contributed by atoms with E-state index in [0.29, 0.717) is 6.54 Å². The summed E-state index contributed by atoms with van der Waals surface area (Å²) in [6, 6.07) is 14.2. The Morgan fingerprint density at radius 1 is 1.23 bits per heavy atom. The number of aliphatic imine (C=N–C) groups is 1. The number of hydrogen-bond acceptors (Lipinski definition) is 2. The number of nitrogens with zero attached hydrogens (tertiary/aromatic N) is 2. The number of carbonyl (C=O) groups is 1. The molecular formula is C27H33ClN2O. The van der Waals surface area contributed by atoms with Crippen molar-refractivity contribution in [2.45, 2.75) is 53.4 Å². The lowest BCUT2D eigenvalue weighted by molar-refractivity contribution is -0.118. The van der Waals surface area contributed by atoms with Crippen LogP contribution in [0.1, 0.15) is 56.2 Å². The number of halogens is 1. The van der Waals surface area contributed by atoms with Crippen molar-refractivity contribution in [3.05, 3.63) is 70.3 Å². The van der Waals surface area contributed by atoms with Crippen LogP contribution < -0.4 is 4.90 Å². The number of rotatable bonds is 8. The Balaban J connectivity index is 1.69. The molecule has 1 amide bonds. The van der Waals surface area contributed by atoms with Crippen LogP contribution in [0.5, 0.6) is 0 Å². The lowest BCUT2D eigenvalue weighted by Gasteiger charge is -2.17. The number of hydrogen-bond donors (Lipinski definition) is 0. The van der Waals surface area contributed by atoms with Crippen molar-refractivity contribution in [2.24, 2.45) is 10.9 Å². The van der Waals surface area contributed by atoms with Crippen molar-refractivity contribution in [3.8, 4) is 0 Å². The summed E-state index contributed by atoms with van der Waals surface area (Å²) >= 11 is 6.26. The van der Waals surface area contributed by atoms with E-state index in [-0.39, 0.29) is 11.8 Å². The van der Waals surface area contributed by atoms with E-state index in [1.54, 1.807) is 0 Å². The lowest BCUT2D eigenvalue weighted by Crippen LogP contribution is -2.29. The summed E-state index contributed by atoms with van der Waals surface area (Å²) in [5, 5.41) is 0.760. The van der Waals surface area contributed by atoms with Crippen LogP contribution in [0.2, 0.25) is 5.02 Å². The normalized spacial score (nSPS) is 17.5.